The Labute approximate surface area is 183 Å². The van der Waals surface area contributed by atoms with E-state index in [1.54, 1.807) is 0 Å². The molecule has 0 unspecified atom stereocenters. The van der Waals surface area contributed by atoms with Gasteiger partial charge in [0.2, 0.25) is 5.62 Å². The third-order valence-electron chi connectivity index (χ3n) is 4.84. The number of fused-ring (bicyclic) bond motifs is 1. The van der Waals surface area contributed by atoms with Gasteiger partial charge in [0, 0.05) is 16.0 Å². The SMILES string of the molecule is N=c1n(CCCOc2ccc(Cl)cc2)c2ccccc2n1Cc1ccc(Br)cc1. The van der Waals surface area contributed by atoms with Crippen LogP contribution in [-0.2, 0) is 13.1 Å². The molecule has 0 saturated heterocycles. The van der Waals surface area contributed by atoms with Crippen LogP contribution < -0.4 is 10.4 Å². The van der Waals surface area contributed by atoms with E-state index in [1.165, 1.54) is 5.56 Å². The van der Waals surface area contributed by atoms with Crippen molar-refractivity contribution in [2.75, 3.05) is 6.61 Å². The molecule has 4 aromatic rings. The number of rotatable bonds is 7. The van der Waals surface area contributed by atoms with Gasteiger partial charge in [-0.15, -0.1) is 0 Å². The second kappa shape index (κ2) is 8.89. The molecule has 0 aliphatic rings. The highest BCUT2D eigenvalue weighted by Crippen LogP contribution is 2.18. The van der Waals surface area contributed by atoms with E-state index in [0.717, 1.165) is 34.2 Å². The number of nitrogens with one attached hydrogen (secondary N) is 1. The fraction of sp³-hybridized carbons (Fsp3) is 0.174. The van der Waals surface area contributed by atoms with Crippen LogP contribution in [0.3, 0.4) is 0 Å². The molecular formula is C23H21BrClN3O. The Balaban J connectivity index is 1.51. The zero-order valence-corrected chi connectivity index (χ0v) is 18.2. The van der Waals surface area contributed by atoms with Gasteiger partial charge in [-0.05, 0) is 60.5 Å². The molecule has 29 heavy (non-hydrogen) atoms. The van der Waals surface area contributed by atoms with E-state index in [4.69, 9.17) is 21.7 Å². The summed E-state index contributed by atoms with van der Waals surface area (Å²) in [4.78, 5) is 0. The van der Waals surface area contributed by atoms with Crippen molar-refractivity contribution in [1.82, 2.24) is 9.13 Å². The lowest BCUT2D eigenvalue weighted by Crippen LogP contribution is -2.25. The summed E-state index contributed by atoms with van der Waals surface area (Å²) in [6.07, 6.45) is 0.811. The number of benzene rings is 3. The Morgan fingerprint density at radius 3 is 2.21 bits per heavy atom. The number of aryl methyl sites for hydroxylation is 1. The Kier molecular flexibility index (Phi) is 6.07. The minimum absolute atomic E-state index is 0.501. The Bertz CT molecular complexity index is 1160. The van der Waals surface area contributed by atoms with E-state index in [2.05, 4.69) is 49.3 Å². The van der Waals surface area contributed by atoms with Gasteiger partial charge in [-0.2, -0.15) is 0 Å². The fourth-order valence-electron chi connectivity index (χ4n) is 3.40. The molecular weight excluding hydrogens is 450 g/mol. The van der Waals surface area contributed by atoms with E-state index < -0.39 is 0 Å². The summed E-state index contributed by atoms with van der Waals surface area (Å²) in [6.45, 7) is 1.97. The van der Waals surface area contributed by atoms with Crippen LogP contribution in [-0.4, -0.2) is 15.7 Å². The molecule has 4 nitrogen and oxygen atoms in total. The van der Waals surface area contributed by atoms with Crippen molar-refractivity contribution in [2.24, 2.45) is 0 Å². The van der Waals surface area contributed by atoms with Crippen molar-refractivity contribution in [3.8, 4) is 5.75 Å². The molecule has 0 aliphatic carbocycles. The van der Waals surface area contributed by atoms with Gasteiger partial charge < -0.3 is 13.9 Å². The standard InChI is InChI=1S/C23H21BrClN3O/c24-18-8-6-17(7-9-18)16-28-22-5-2-1-4-21(22)27(23(28)26)14-3-15-29-20-12-10-19(25)11-13-20/h1-2,4-13,26H,3,14-16H2. The second-order valence-electron chi connectivity index (χ2n) is 6.83. The van der Waals surface area contributed by atoms with E-state index in [0.29, 0.717) is 23.8 Å². The van der Waals surface area contributed by atoms with Gasteiger partial charge in [0.25, 0.3) is 0 Å². The maximum Gasteiger partial charge on any atom is 0.203 e. The van der Waals surface area contributed by atoms with Gasteiger partial charge in [0.1, 0.15) is 5.75 Å². The van der Waals surface area contributed by atoms with Gasteiger partial charge in [-0.1, -0.05) is 51.8 Å². The van der Waals surface area contributed by atoms with Crippen LogP contribution in [0.5, 0.6) is 5.75 Å². The summed E-state index contributed by atoms with van der Waals surface area (Å²) in [6, 6.07) is 23.8. The molecule has 148 valence electrons. The van der Waals surface area contributed by atoms with Gasteiger partial charge in [0.15, 0.2) is 0 Å². The van der Waals surface area contributed by atoms with Gasteiger partial charge in [0.05, 0.1) is 24.2 Å². The summed E-state index contributed by atoms with van der Waals surface area (Å²) in [5, 5.41) is 9.45. The summed E-state index contributed by atoms with van der Waals surface area (Å²) in [7, 11) is 0. The van der Waals surface area contributed by atoms with Crippen LogP contribution in [0.2, 0.25) is 5.02 Å². The average molecular weight is 471 g/mol. The summed E-state index contributed by atoms with van der Waals surface area (Å²) in [5.74, 6) is 0.808. The first-order valence-electron chi connectivity index (χ1n) is 9.47. The van der Waals surface area contributed by atoms with Crippen molar-refractivity contribution in [1.29, 1.82) is 5.41 Å². The number of nitrogens with zero attached hydrogens (tertiary/aromatic N) is 2. The first-order valence-corrected chi connectivity index (χ1v) is 10.6. The van der Waals surface area contributed by atoms with Crippen molar-refractivity contribution >= 4 is 38.6 Å². The molecule has 0 bridgehead atoms. The molecule has 1 heterocycles. The van der Waals surface area contributed by atoms with Crippen LogP contribution >= 0.6 is 27.5 Å². The van der Waals surface area contributed by atoms with Crippen molar-refractivity contribution in [3.63, 3.8) is 0 Å². The Hall–Kier alpha value is -2.50. The molecule has 0 amide bonds. The molecule has 0 spiro atoms. The van der Waals surface area contributed by atoms with E-state index in [1.807, 2.05) is 48.5 Å². The van der Waals surface area contributed by atoms with Gasteiger partial charge >= 0.3 is 0 Å². The number of hydrogen-bond donors (Lipinski definition) is 1. The van der Waals surface area contributed by atoms with Crippen molar-refractivity contribution < 1.29 is 4.74 Å². The number of imidazole rings is 1. The number of hydrogen-bond acceptors (Lipinski definition) is 2. The Morgan fingerprint density at radius 2 is 1.52 bits per heavy atom. The lowest BCUT2D eigenvalue weighted by molar-refractivity contribution is 0.301. The van der Waals surface area contributed by atoms with Gasteiger partial charge in [-0.25, -0.2) is 0 Å². The highest BCUT2D eigenvalue weighted by Gasteiger charge is 2.11. The molecule has 1 aromatic heterocycles. The molecule has 1 N–H and O–H groups in total. The molecule has 0 fully saturated rings. The first kappa shape index (κ1) is 19.8. The summed E-state index contributed by atoms with van der Waals surface area (Å²) in [5.41, 5.74) is 3.81. The monoisotopic (exact) mass is 469 g/mol. The molecule has 0 atom stereocenters. The van der Waals surface area contributed by atoms with Crippen LogP contribution in [0.15, 0.2) is 77.3 Å². The van der Waals surface area contributed by atoms with Crippen LogP contribution in [0.1, 0.15) is 12.0 Å². The first-order chi connectivity index (χ1) is 14.1. The lowest BCUT2D eigenvalue weighted by Gasteiger charge is -2.08. The van der Waals surface area contributed by atoms with E-state index in [-0.39, 0.29) is 0 Å². The largest absolute Gasteiger partial charge is 0.494 e. The van der Waals surface area contributed by atoms with Crippen LogP contribution in [0, 0.1) is 5.41 Å². The van der Waals surface area contributed by atoms with E-state index >= 15 is 0 Å². The normalized spacial score (nSPS) is 11.1. The maximum atomic E-state index is 8.75. The number of halogens is 2. The lowest BCUT2D eigenvalue weighted by atomic mass is 10.2. The minimum Gasteiger partial charge on any atom is -0.494 e. The molecule has 4 rings (SSSR count). The molecule has 0 aliphatic heterocycles. The highest BCUT2D eigenvalue weighted by atomic mass is 79.9. The minimum atomic E-state index is 0.501. The zero-order chi connectivity index (χ0) is 20.2. The molecule has 0 radical (unpaired) electrons. The smallest absolute Gasteiger partial charge is 0.203 e. The third-order valence-corrected chi connectivity index (χ3v) is 5.62. The average Bonchev–Trinajstić information content (AvgIpc) is 3.00. The van der Waals surface area contributed by atoms with Crippen LogP contribution in [0.4, 0.5) is 0 Å². The predicted octanol–water partition coefficient (Wildman–Crippen LogP) is 5.86. The zero-order valence-electron chi connectivity index (χ0n) is 15.8. The Morgan fingerprint density at radius 1 is 0.862 bits per heavy atom. The van der Waals surface area contributed by atoms with E-state index in [9.17, 15) is 0 Å². The van der Waals surface area contributed by atoms with Crippen LogP contribution in [0.25, 0.3) is 11.0 Å². The number of aromatic nitrogens is 2. The summed E-state index contributed by atoms with van der Waals surface area (Å²) >= 11 is 9.39. The number of para-hydroxylation sites is 2. The fourth-order valence-corrected chi connectivity index (χ4v) is 3.79. The highest BCUT2D eigenvalue weighted by molar-refractivity contribution is 9.10. The predicted molar refractivity (Wildman–Crippen MR) is 121 cm³/mol. The third kappa shape index (κ3) is 4.57. The quantitative estimate of drug-likeness (QED) is 0.338. The molecule has 0 saturated carbocycles. The van der Waals surface area contributed by atoms with Crippen molar-refractivity contribution in [3.05, 3.63) is 93.5 Å². The van der Waals surface area contributed by atoms with Gasteiger partial charge in [-0.3, -0.25) is 5.41 Å². The van der Waals surface area contributed by atoms with Crippen molar-refractivity contribution in [2.45, 2.75) is 19.5 Å². The number of ether oxygens (including phenoxy) is 1. The maximum absolute atomic E-state index is 8.75. The second-order valence-corrected chi connectivity index (χ2v) is 8.18. The molecule has 3 aromatic carbocycles. The topological polar surface area (TPSA) is 42.9 Å². The summed E-state index contributed by atoms with van der Waals surface area (Å²) < 4.78 is 11.0. The molecule has 6 heteroatoms.